The topological polar surface area (TPSA) is 40.6 Å². The molecule has 0 radical (unpaired) electrons. The molecule has 4 nitrogen and oxygen atoms in total. The molecule has 0 aromatic heterocycles. The van der Waals surface area contributed by atoms with Crippen LogP contribution in [0.1, 0.15) is 23.2 Å². The van der Waals surface area contributed by atoms with E-state index in [-0.39, 0.29) is 24.3 Å². The van der Waals surface area contributed by atoms with Gasteiger partial charge >= 0.3 is 0 Å². The van der Waals surface area contributed by atoms with Crippen LogP contribution in [0, 0.1) is 5.82 Å². The minimum absolute atomic E-state index is 0.0356. The molecule has 1 aliphatic heterocycles. The highest BCUT2D eigenvalue weighted by Crippen LogP contribution is 2.23. The summed E-state index contributed by atoms with van der Waals surface area (Å²) in [6.07, 6.45) is 1.29. The molecule has 0 aliphatic carbocycles. The molecule has 4 rings (SSSR count). The zero-order valence-electron chi connectivity index (χ0n) is 14.8. The quantitative estimate of drug-likeness (QED) is 0.698. The minimum atomic E-state index is -0.367. The third-order valence-electron chi connectivity index (χ3n) is 4.86. The zero-order valence-corrected chi connectivity index (χ0v) is 14.8. The van der Waals surface area contributed by atoms with Gasteiger partial charge in [-0.1, -0.05) is 30.3 Å². The number of anilines is 1. The van der Waals surface area contributed by atoms with E-state index in [9.17, 15) is 14.0 Å². The molecule has 0 spiro atoms. The van der Waals surface area contributed by atoms with Gasteiger partial charge in [0.1, 0.15) is 12.5 Å². The first-order valence-electron chi connectivity index (χ1n) is 8.96. The number of carbonyl (C=O) groups excluding carboxylic acids is 2. The van der Waals surface area contributed by atoms with Gasteiger partial charge in [-0.15, -0.1) is 0 Å². The standard InChI is InChI=1S/C22H19FN2O2/c23-19-9-11-20(12-10-19)25(15-24-13-3-6-21(24)26)22(27)18-8-7-16-4-1-2-5-17(16)14-18/h1-2,4-5,7-12,14H,3,6,13,15H2. The minimum Gasteiger partial charge on any atom is -0.324 e. The van der Waals surface area contributed by atoms with Gasteiger partial charge in [0.25, 0.3) is 5.91 Å². The third-order valence-corrected chi connectivity index (χ3v) is 4.86. The van der Waals surface area contributed by atoms with Crippen LogP contribution in [0.3, 0.4) is 0 Å². The summed E-state index contributed by atoms with van der Waals surface area (Å²) in [7, 11) is 0. The summed E-state index contributed by atoms with van der Waals surface area (Å²) in [6.45, 7) is 0.789. The summed E-state index contributed by atoms with van der Waals surface area (Å²) in [5.74, 6) is -0.547. The van der Waals surface area contributed by atoms with Gasteiger partial charge in [-0.3, -0.25) is 14.5 Å². The number of amides is 2. The molecule has 3 aromatic carbocycles. The van der Waals surface area contributed by atoms with E-state index in [2.05, 4.69) is 0 Å². The predicted molar refractivity (Wildman–Crippen MR) is 103 cm³/mol. The van der Waals surface area contributed by atoms with Gasteiger partial charge in [0.2, 0.25) is 5.91 Å². The Morgan fingerprint density at radius 2 is 1.74 bits per heavy atom. The summed E-state index contributed by atoms with van der Waals surface area (Å²) in [5.41, 5.74) is 1.10. The lowest BCUT2D eigenvalue weighted by Gasteiger charge is -2.28. The van der Waals surface area contributed by atoms with Gasteiger partial charge in [-0.2, -0.15) is 0 Å². The van der Waals surface area contributed by atoms with Crippen LogP contribution in [0.2, 0.25) is 0 Å². The Kier molecular flexibility index (Phi) is 4.59. The molecule has 0 atom stereocenters. The van der Waals surface area contributed by atoms with Gasteiger partial charge in [-0.25, -0.2) is 4.39 Å². The highest BCUT2D eigenvalue weighted by atomic mass is 19.1. The summed E-state index contributed by atoms with van der Waals surface area (Å²) in [5, 5.41) is 2.02. The average molecular weight is 362 g/mol. The molecule has 1 heterocycles. The molecule has 2 amide bonds. The molecule has 0 unspecified atom stereocenters. The molecule has 1 saturated heterocycles. The smallest absolute Gasteiger partial charge is 0.259 e. The number of hydrogen-bond acceptors (Lipinski definition) is 2. The Morgan fingerprint density at radius 1 is 1.00 bits per heavy atom. The van der Waals surface area contributed by atoms with E-state index in [1.807, 2.05) is 36.4 Å². The van der Waals surface area contributed by atoms with Crippen LogP contribution in [0.5, 0.6) is 0 Å². The molecular weight excluding hydrogens is 343 g/mol. The highest BCUT2D eigenvalue weighted by Gasteiger charge is 2.26. The van der Waals surface area contributed by atoms with Crippen LogP contribution in [0.4, 0.5) is 10.1 Å². The van der Waals surface area contributed by atoms with Crippen molar-refractivity contribution in [1.29, 1.82) is 0 Å². The van der Waals surface area contributed by atoms with E-state index in [1.165, 1.54) is 17.0 Å². The molecule has 1 aliphatic rings. The highest BCUT2D eigenvalue weighted by molar-refractivity contribution is 6.08. The van der Waals surface area contributed by atoms with Crippen LogP contribution in [-0.2, 0) is 4.79 Å². The van der Waals surface area contributed by atoms with E-state index in [1.54, 1.807) is 23.1 Å². The van der Waals surface area contributed by atoms with Gasteiger partial charge < -0.3 is 4.90 Å². The first-order valence-corrected chi connectivity index (χ1v) is 8.96. The van der Waals surface area contributed by atoms with Crippen molar-refractivity contribution in [2.75, 3.05) is 18.1 Å². The Bertz CT molecular complexity index is 1000. The number of nitrogens with zero attached hydrogens (tertiary/aromatic N) is 2. The Balaban J connectivity index is 1.70. The monoisotopic (exact) mass is 362 g/mol. The van der Waals surface area contributed by atoms with Crippen molar-refractivity contribution >= 4 is 28.3 Å². The second kappa shape index (κ2) is 7.19. The van der Waals surface area contributed by atoms with Crippen molar-refractivity contribution in [1.82, 2.24) is 4.90 Å². The lowest BCUT2D eigenvalue weighted by atomic mass is 10.1. The first-order chi connectivity index (χ1) is 13.1. The number of fused-ring (bicyclic) bond motifs is 1. The number of hydrogen-bond donors (Lipinski definition) is 0. The molecule has 3 aromatic rings. The summed E-state index contributed by atoms with van der Waals surface area (Å²) in [4.78, 5) is 28.5. The van der Waals surface area contributed by atoms with Gasteiger partial charge in [0.05, 0.1) is 0 Å². The first kappa shape index (κ1) is 17.2. The van der Waals surface area contributed by atoms with Gasteiger partial charge in [0.15, 0.2) is 0 Å². The fourth-order valence-corrected chi connectivity index (χ4v) is 3.39. The van der Waals surface area contributed by atoms with Crippen molar-refractivity contribution < 1.29 is 14.0 Å². The normalized spacial score (nSPS) is 14.0. The molecule has 5 heteroatoms. The van der Waals surface area contributed by atoms with Crippen molar-refractivity contribution in [2.45, 2.75) is 12.8 Å². The summed E-state index contributed by atoms with van der Waals surface area (Å²) >= 11 is 0. The number of benzene rings is 3. The van der Waals surface area contributed by atoms with E-state index in [4.69, 9.17) is 0 Å². The van der Waals surface area contributed by atoms with Crippen LogP contribution < -0.4 is 4.90 Å². The van der Waals surface area contributed by atoms with E-state index >= 15 is 0 Å². The van der Waals surface area contributed by atoms with Crippen molar-refractivity contribution in [3.05, 3.63) is 78.1 Å². The van der Waals surface area contributed by atoms with Crippen molar-refractivity contribution in [3.63, 3.8) is 0 Å². The van der Waals surface area contributed by atoms with E-state index < -0.39 is 0 Å². The largest absolute Gasteiger partial charge is 0.324 e. The lowest BCUT2D eigenvalue weighted by Crippen LogP contribution is -2.42. The zero-order chi connectivity index (χ0) is 18.8. The third kappa shape index (κ3) is 3.53. The Hall–Kier alpha value is -3.21. The Labute approximate surface area is 156 Å². The Morgan fingerprint density at radius 3 is 2.44 bits per heavy atom. The second-order valence-corrected chi connectivity index (χ2v) is 6.67. The maximum atomic E-state index is 13.3. The van der Waals surface area contributed by atoms with Crippen molar-refractivity contribution in [2.24, 2.45) is 0 Å². The van der Waals surface area contributed by atoms with Gasteiger partial charge in [-0.05, 0) is 53.6 Å². The fourth-order valence-electron chi connectivity index (χ4n) is 3.39. The number of carbonyl (C=O) groups is 2. The molecule has 27 heavy (non-hydrogen) atoms. The van der Waals surface area contributed by atoms with E-state index in [0.29, 0.717) is 24.2 Å². The lowest BCUT2D eigenvalue weighted by molar-refractivity contribution is -0.127. The van der Waals surface area contributed by atoms with Gasteiger partial charge in [0, 0.05) is 24.2 Å². The molecule has 136 valence electrons. The summed E-state index contributed by atoms with van der Waals surface area (Å²) in [6, 6.07) is 19.1. The second-order valence-electron chi connectivity index (χ2n) is 6.67. The molecule has 0 bridgehead atoms. The van der Waals surface area contributed by atoms with Crippen LogP contribution in [-0.4, -0.2) is 29.9 Å². The summed E-state index contributed by atoms with van der Waals surface area (Å²) < 4.78 is 13.3. The molecular formula is C22H19FN2O2. The number of likely N-dealkylation sites (tertiary alicyclic amines) is 1. The fraction of sp³-hybridized carbons (Fsp3) is 0.182. The maximum Gasteiger partial charge on any atom is 0.259 e. The molecule has 1 fully saturated rings. The van der Waals surface area contributed by atoms with Crippen LogP contribution in [0.25, 0.3) is 10.8 Å². The number of rotatable bonds is 4. The van der Waals surface area contributed by atoms with E-state index in [0.717, 1.165) is 17.2 Å². The van der Waals surface area contributed by atoms with Crippen LogP contribution >= 0.6 is 0 Å². The SMILES string of the molecule is O=C1CCCN1CN(C(=O)c1ccc2ccccc2c1)c1ccc(F)cc1. The molecule has 0 saturated carbocycles. The predicted octanol–water partition coefficient (Wildman–Crippen LogP) is 4.21. The van der Waals surface area contributed by atoms with Crippen LogP contribution in [0.15, 0.2) is 66.7 Å². The van der Waals surface area contributed by atoms with Crippen molar-refractivity contribution in [3.8, 4) is 0 Å². The molecule has 0 N–H and O–H groups in total. The number of halogens is 1. The maximum absolute atomic E-state index is 13.3. The average Bonchev–Trinajstić information content (AvgIpc) is 3.10.